The van der Waals surface area contributed by atoms with Gasteiger partial charge < -0.3 is 14.9 Å². The largest absolute Gasteiger partial charge is 0.393 e. The van der Waals surface area contributed by atoms with Gasteiger partial charge >= 0.3 is 0 Å². The number of fused-ring (bicyclic) bond motifs is 5. The van der Waals surface area contributed by atoms with Crippen LogP contribution in [-0.4, -0.2) is 39.4 Å². The lowest BCUT2D eigenvalue weighted by Gasteiger charge is -2.69. The second kappa shape index (κ2) is 7.32. The fourth-order valence-electron chi connectivity index (χ4n) is 10.9. The molecule has 0 spiro atoms. The highest BCUT2D eigenvalue weighted by Crippen LogP contribution is 2.75. The minimum absolute atomic E-state index is 0.0682. The van der Waals surface area contributed by atoms with Crippen LogP contribution in [0.3, 0.4) is 0 Å². The Balaban J connectivity index is 1.49. The molecular weight excluding hydrogens is 424 g/mol. The van der Waals surface area contributed by atoms with Crippen LogP contribution in [0, 0.1) is 45.3 Å². The molecule has 0 radical (unpaired) electrons. The van der Waals surface area contributed by atoms with Gasteiger partial charge in [0.15, 0.2) is 0 Å². The van der Waals surface area contributed by atoms with Crippen LogP contribution in [0.1, 0.15) is 113 Å². The standard InChI is InChI=1S/C30H50O4/c1-25(2)20-10-15-28(6)21(27(20,5)13-11-22(25)32)17-19(31)24-18(9-14-29(24,28)7)30(8)16-12-23(34-30)26(3,4)33/h18-21,23-24,31,33H,9-17H2,1-8H3/t18-,19+,20?,21+,23+,24+,27-,28+,29-,30-/m0/s1. The van der Waals surface area contributed by atoms with Gasteiger partial charge in [-0.1, -0.05) is 34.6 Å². The van der Waals surface area contributed by atoms with Gasteiger partial charge in [-0.2, -0.15) is 0 Å². The zero-order chi connectivity index (χ0) is 25.1. The molecule has 34 heavy (non-hydrogen) atoms. The van der Waals surface area contributed by atoms with Crippen LogP contribution in [0.2, 0.25) is 0 Å². The van der Waals surface area contributed by atoms with Crippen LogP contribution in [-0.2, 0) is 9.53 Å². The average Bonchev–Trinajstić information content (AvgIpc) is 3.30. The molecule has 4 saturated carbocycles. The zero-order valence-electron chi connectivity index (χ0n) is 23.0. The van der Waals surface area contributed by atoms with E-state index < -0.39 is 5.60 Å². The summed E-state index contributed by atoms with van der Waals surface area (Å²) in [5.41, 5.74) is -1.03. The number of ether oxygens (including phenoxy) is 1. The van der Waals surface area contributed by atoms with Crippen LogP contribution in [0.4, 0.5) is 0 Å². The molecule has 4 aliphatic carbocycles. The maximum atomic E-state index is 12.9. The van der Waals surface area contributed by atoms with Gasteiger partial charge in [0.05, 0.1) is 23.4 Å². The third-order valence-electron chi connectivity index (χ3n) is 13.0. The van der Waals surface area contributed by atoms with E-state index in [-0.39, 0.29) is 45.4 Å². The molecule has 4 nitrogen and oxygen atoms in total. The highest BCUT2D eigenvalue weighted by Gasteiger charge is 2.71. The first-order chi connectivity index (χ1) is 15.5. The summed E-state index contributed by atoms with van der Waals surface area (Å²) in [6, 6.07) is 0. The number of Topliss-reactive ketones (excluding diaryl/α,β-unsaturated/α-hetero) is 1. The minimum Gasteiger partial charge on any atom is -0.393 e. The number of rotatable bonds is 2. The number of carbonyl (C=O) groups excluding carboxylic acids is 1. The molecule has 0 aromatic carbocycles. The van der Waals surface area contributed by atoms with Crippen LogP contribution >= 0.6 is 0 Å². The van der Waals surface area contributed by atoms with E-state index in [9.17, 15) is 15.0 Å². The van der Waals surface area contributed by atoms with Crippen molar-refractivity contribution in [1.29, 1.82) is 0 Å². The van der Waals surface area contributed by atoms with E-state index in [1.165, 1.54) is 0 Å². The number of hydrogen-bond donors (Lipinski definition) is 2. The maximum Gasteiger partial charge on any atom is 0.138 e. The summed E-state index contributed by atoms with van der Waals surface area (Å²) in [5.74, 6) is 1.85. The Morgan fingerprint density at radius 1 is 0.882 bits per heavy atom. The van der Waals surface area contributed by atoms with Crippen molar-refractivity contribution >= 4 is 5.78 Å². The van der Waals surface area contributed by atoms with E-state index in [1.54, 1.807) is 0 Å². The van der Waals surface area contributed by atoms with Crippen LogP contribution < -0.4 is 0 Å². The third kappa shape index (κ3) is 3.09. The predicted octanol–water partition coefficient (Wildman–Crippen LogP) is 5.92. The summed E-state index contributed by atoms with van der Waals surface area (Å²) in [5, 5.41) is 22.5. The molecule has 4 heteroatoms. The van der Waals surface area contributed by atoms with Gasteiger partial charge in [-0.25, -0.2) is 0 Å². The van der Waals surface area contributed by atoms with Crippen molar-refractivity contribution < 1.29 is 19.7 Å². The number of aliphatic hydroxyl groups excluding tert-OH is 1. The van der Waals surface area contributed by atoms with Crippen molar-refractivity contribution in [2.45, 2.75) is 137 Å². The van der Waals surface area contributed by atoms with Crippen LogP contribution in [0.25, 0.3) is 0 Å². The van der Waals surface area contributed by atoms with Gasteiger partial charge in [-0.15, -0.1) is 0 Å². The Labute approximate surface area is 207 Å². The summed E-state index contributed by atoms with van der Waals surface area (Å²) in [4.78, 5) is 12.9. The smallest absolute Gasteiger partial charge is 0.138 e. The molecule has 1 aliphatic heterocycles. The van der Waals surface area contributed by atoms with E-state index in [4.69, 9.17) is 4.74 Å². The number of hydrogen-bond acceptors (Lipinski definition) is 4. The van der Waals surface area contributed by atoms with E-state index in [0.717, 1.165) is 51.4 Å². The maximum absolute atomic E-state index is 12.9. The third-order valence-corrected chi connectivity index (χ3v) is 13.0. The SMILES string of the molecule is CC1(C)C(=O)CC[C@@]2(C)C1CC[C@]1(C)[C@@H]2C[C@@H](O)[C@H]2[C@@H]([C@]3(C)CC[C@H](C(C)(C)O)O3)CC[C@@]21C. The van der Waals surface area contributed by atoms with Crippen molar-refractivity contribution in [2.24, 2.45) is 45.3 Å². The van der Waals surface area contributed by atoms with Crippen molar-refractivity contribution in [3.8, 4) is 0 Å². The molecule has 0 bridgehead atoms. The van der Waals surface area contributed by atoms with Gasteiger partial charge in [0.25, 0.3) is 0 Å². The summed E-state index contributed by atoms with van der Waals surface area (Å²) >= 11 is 0. The minimum atomic E-state index is -0.833. The lowest BCUT2D eigenvalue weighted by molar-refractivity contribution is -0.235. The molecule has 1 unspecified atom stereocenters. The molecule has 5 fully saturated rings. The summed E-state index contributed by atoms with van der Waals surface area (Å²) < 4.78 is 6.65. The highest BCUT2D eigenvalue weighted by molar-refractivity contribution is 5.85. The fraction of sp³-hybridized carbons (Fsp3) is 0.967. The molecule has 1 heterocycles. The Kier molecular flexibility index (Phi) is 5.42. The highest BCUT2D eigenvalue weighted by atomic mass is 16.5. The number of aliphatic hydroxyl groups is 2. The monoisotopic (exact) mass is 474 g/mol. The van der Waals surface area contributed by atoms with Gasteiger partial charge in [0.1, 0.15) is 5.78 Å². The van der Waals surface area contributed by atoms with Crippen molar-refractivity contribution in [3.63, 3.8) is 0 Å². The Morgan fingerprint density at radius 3 is 2.15 bits per heavy atom. The molecular formula is C30H50O4. The predicted molar refractivity (Wildman–Crippen MR) is 134 cm³/mol. The zero-order valence-corrected chi connectivity index (χ0v) is 23.0. The molecule has 5 aliphatic rings. The van der Waals surface area contributed by atoms with E-state index in [1.807, 2.05) is 13.8 Å². The Morgan fingerprint density at radius 2 is 1.53 bits per heavy atom. The molecule has 0 aromatic heterocycles. The van der Waals surface area contributed by atoms with Gasteiger partial charge in [-0.3, -0.25) is 4.79 Å². The van der Waals surface area contributed by atoms with Gasteiger partial charge in [-0.05, 0) is 112 Å². The van der Waals surface area contributed by atoms with E-state index in [0.29, 0.717) is 30.0 Å². The Bertz CT molecular complexity index is 858. The normalized spacial score (nSPS) is 54.9. The summed E-state index contributed by atoms with van der Waals surface area (Å²) in [6.45, 7) is 17.8. The number of ketones is 1. The van der Waals surface area contributed by atoms with E-state index >= 15 is 0 Å². The second-order valence-electron chi connectivity index (χ2n) is 15.2. The molecule has 1 saturated heterocycles. The lowest BCUT2D eigenvalue weighted by Crippen LogP contribution is -2.66. The summed E-state index contributed by atoms with van der Waals surface area (Å²) in [7, 11) is 0. The topological polar surface area (TPSA) is 66.8 Å². The molecule has 5 rings (SSSR count). The van der Waals surface area contributed by atoms with Gasteiger partial charge in [0.2, 0.25) is 0 Å². The molecule has 2 N–H and O–H groups in total. The van der Waals surface area contributed by atoms with E-state index in [2.05, 4.69) is 41.5 Å². The first-order valence-electron chi connectivity index (χ1n) is 14.1. The lowest BCUT2D eigenvalue weighted by atomic mass is 9.35. The van der Waals surface area contributed by atoms with Gasteiger partial charge in [0, 0.05) is 11.8 Å². The second-order valence-corrected chi connectivity index (χ2v) is 15.2. The quantitative estimate of drug-likeness (QED) is 0.521. The Hall–Kier alpha value is -0.450. The first kappa shape index (κ1) is 25.2. The molecule has 0 amide bonds. The number of carbonyl (C=O) groups is 1. The molecule has 194 valence electrons. The van der Waals surface area contributed by atoms with Crippen LogP contribution in [0.15, 0.2) is 0 Å². The average molecular weight is 475 g/mol. The van der Waals surface area contributed by atoms with Crippen molar-refractivity contribution in [2.75, 3.05) is 0 Å². The molecule has 0 aromatic rings. The summed E-state index contributed by atoms with van der Waals surface area (Å²) in [6.07, 6.45) is 8.43. The van der Waals surface area contributed by atoms with Crippen molar-refractivity contribution in [1.82, 2.24) is 0 Å². The first-order valence-corrected chi connectivity index (χ1v) is 14.1. The molecule has 10 atom stereocenters. The van der Waals surface area contributed by atoms with Crippen LogP contribution in [0.5, 0.6) is 0 Å². The fourth-order valence-corrected chi connectivity index (χ4v) is 10.9. The van der Waals surface area contributed by atoms with Crippen molar-refractivity contribution in [3.05, 3.63) is 0 Å².